The Morgan fingerprint density at radius 2 is 2.08 bits per heavy atom. The molecular weight excluding hydrogens is 580 g/mol. The van der Waals surface area contributed by atoms with E-state index >= 15 is 0 Å². The molecule has 1 saturated heterocycles. The summed E-state index contributed by atoms with van der Waals surface area (Å²) in [7, 11) is -1.95. The number of amides is 2. The highest BCUT2D eigenvalue weighted by Gasteiger charge is 2.39. The van der Waals surface area contributed by atoms with E-state index in [2.05, 4.69) is 40.8 Å². The predicted molar refractivity (Wildman–Crippen MR) is 146 cm³/mol. The first kappa shape index (κ1) is 26.8. The summed E-state index contributed by atoms with van der Waals surface area (Å²) in [5, 5.41) is 17.1. The smallest absolute Gasteiger partial charge is 0.283 e. The molecular formula is C23H25ClN10O4S2. The second-order valence-electron chi connectivity index (χ2n) is 9.74. The first-order valence-corrected chi connectivity index (χ1v) is 15.1. The van der Waals surface area contributed by atoms with Gasteiger partial charge in [-0.25, -0.2) is 13.4 Å². The number of fused-ring (bicyclic) bond motifs is 2. The van der Waals surface area contributed by atoms with Gasteiger partial charge in [0.25, 0.3) is 21.9 Å². The van der Waals surface area contributed by atoms with E-state index in [-0.39, 0.29) is 42.9 Å². The van der Waals surface area contributed by atoms with Crippen molar-refractivity contribution in [3.05, 3.63) is 44.9 Å². The van der Waals surface area contributed by atoms with Gasteiger partial charge in [-0.2, -0.15) is 9.52 Å². The Morgan fingerprint density at radius 3 is 2.88 bits per heavy atom. The van der Waals surface area contributed by atoms with Crippen molar-refractivity contribution in [1.29, 1.82) is 0 Å². The Balaban J connectivity index is 1.26. The van der Waals surface area contributed by atoms with E-state index in [1.807, 2.05) is 7.05 Å². The minimum Gasteiger partial charge on any atom is -0.345 e. The number of sulfonamides is 1. The van der Waals surface area contributed by atoms with Crippen molar-refractivity contribution in [1.82, 2.24) is 44.7 Å². The summed E-state index contributed by atoms with van der Waals surface area (Å²) in [4.78, 5) is 38.9. The van der Waals surface area contributed by atoms with Crippen LogP contribution in [0.1, 0.15) is 26.8 Å². The third-order valence-corrected chi connectivity index (χ3v) is 10.1. The van der Waals surface area contributed by atoms with Gasteiger partial charge in [0.2, 0.25) is 5.91 Å². The number of piperazine rings is 1. The number of thiazole rings is 1. The molecule has 2 amide bonds. The minimum atomic E-state index is -3.97. The van der Waals surface area contributed by atoms with Crippen LogP contribution in [0.3, 0.4) is 0 Å². The number of benzene rings is 1. The highest BCUT2D eigenvalue weighted by molar-refractivity contribution is 7.89. The fourth-order valence-corrected chi connectivity index (χ4v) is 7.79. The second-order valence-corrected chi connectivity index (χ2v) is 13.2. The third-order valence-electron chi connectivity index (χ3n) is 7.00. The zero-order valence-electron chi connectivity index (χ0n) is 21.3. The molecule has 0 radical (unpaired) electrons. The van der Waals surface area contributed by atoms with Crippen molar-refractivity contribution < 1.29 is 18.0 Å². The molecule has 2 aliphatic rings. The monoisotopic (exact) mass is 604 g/mol. The molecule has 1 atom stereocenters. The fraction of sp³-hybridized carbons (Fsp3) is 0.391. The van der Waals surface area contributed by atoms with Crippen LogP contribution in [0, 0.1) is 0 Å². The van der Waals surface area contributed by atoms with E-state index in [1.165, 1.54) is 21.7 Å². The number of likely N-dealkylation sites (N-methyl/N-ethyl adjacent to an activating group) is 1. The van der Waals surface area contributed by atoms with E-state index < -0.39 is 22.0 Å². The molecule has 2 aliphatic heterocycles. The lowest BCUT2D eigenvalue weighted by Gasteiger charge is -2.40. The van der Waals surface area contributed by atoms with Gasteiger partial charge in [0.05, 0.1) is 11.7 Å². The number of nitrogens with zero attached hydrogens (tertiary/aromatic N) is 7. The molecule has 0 saturated carbocycles. The van der Waals surface area contributed by atoms with Crippen LogP contribution in [0.4, 0.5) is 5.95 Å². The normalized spacial score (nSPS) is 18.6. The van der Waals surface area contributed by atoms with Gasteiger partial charge >= 0.3 is 0 Å². The number of rotatable bonds is 6. The van der Waals surface area contributed by atoms with Crippen LogP contribution in [0.2, 0.25) is 5.02 Å². The maximum Gasteiger partial charge on any atom is 0.283 e. The van der Waals surface area contributed by atoms with Crippen molar-refractivity contribution in [2.45, 2.75) is 30.5 Å². The number of aromatic nitrogens is 6. The summed E-state index contributed by atoms with van der Waals surface area (Å²) in [6.07, 6.45) is 0.580. The molecule has 14 nitrogen and oxygen atoms in total. The average Bonchev–Trinajstić information content (AvgIpc) is 3.67. The molecule has 1 fully saturated rings. The molecule has 3 N–H and O–H groups in total. The number of carbonyl (C=O) groups excluding carboxylic acids is 2. The van der Waals surface area contributed by atoms with E-state index in [1.54, 1.807) is 23.1 Å². The van der Waals surface area contributed by atoms with Gasteiger partial charge in [-0.15, -0.1) is 16.4 Å². The van der Waals surface area contributed by atoms with Gasteiger partial charge in [-0.05, 0) is 36.5 Å². The number of hydrogen-bond acceptors (Lipinski definition) is 10. The van der Waals surface area contributed by atoms with Crippen molar-refractivity contribution >= 4 is 61.6 Å². The lowest BCUT2D eigenvalue weighted by atomic mass is 10.1. The highest BCUT2D eigenvalue weighted by Crippen LogP contribution is 2.29. The molecule has 4 aromatic rings. The lowest BCUT2D eigenvalue weighted by molar-refractivity contribution is -0.117. The van der Waals surface area contributed by atoms with Gasteiger partial charge in [-0.1, -0.05) is 16.7 Å². The fourth-order valence-electron chi connectivity index (χ4n) is 4.98. The molecule has 17 heteroatoms. The second kappa shape index (κ2) is 10.5. The molecule has 6 rings (SSSR count). The van der Waals surface area contributed by atoms with Crippen molar-refractivity contribution in [3.63, 3.8) is 0 Å². The largest absolute Gasteiger partial charge is 0.345 e. The molecule has 1 unspecified atom stereocenters. The number of H-pyrrole nitrogens is 2. The molecule has 0 bridgehead atoms. The highest BCUT2D eigenvalue weighted by atomic mass is 35.5. The van der Waals surface area contributed by atoms with Crippen LogP contribution in [0.15, 0.2) is 29.3 Å². The van der Waals surface area contributed by atoms with Crippen LogP contribution in [-0.2, 0) is 27.8 Å². The molecule has 210 valence electrons. The van der Waals surface area contributed by atoms with Gasteiger partial charge in [-0.3, -0.25) is 14.9 Å². The zero-order chi connectivity index (χ0) is 28.0. The molecule has 5 heterocycles. The summed E-state index contributed by atoms with van der Waals surface area (Å²) < 4.78 is 28.6. The number of hydrogen-bond donors (Lipinski definition) is 3. The summed E-state index contributed by atoms with van der Waals surface area (Å²) in [5.41, 5.74) is 1.55. The van der Waals surface area contributed by atoms with Crippen LogP contribution < -0.4 is 5.32 Å². The third kappa shape index (κ3) is 5.19. The average molecular weight is 605 g/mol. The number of carbonyl (C=O) groups is 2. The number of anilines is 1. The summed E-state index contributed by atoms with van der Waals surface area (Å²) in [6, 6.07) is 5.84. The standard InChI is InChI=1S/C23H25ClN10O4S2/c1-32-5-4-17-18(12-32)39-21(26-17)22(36)34-7-6-33(11-15(34)10-19(35)27-23-28-30-31-29-23)40(37,38)20-9-13-8-14(24)2-3-16(13)25-20/h2-3,8-9,15,25H,4-7,10-12H2,1H3,(H2,27,28,29,30,31,35). The number of aromatic amines is 2. The number of nitrogens with one attached hydrogen (secondary N) is 3. The van der Waals surface area contributed by atoms with E-state index in [0.717, 1.165) is 30.1 Å². The van der Waals surface area contributed by atoms with E-state index in [0.29, 0.717) is 20.9 Å². The Hall–Kier alpha value is -3.44. The van der Waals surface area contributed by atoms with Crippen LogP contribution >= 0.6 is 22.9 Å². The topological polar surface area (TPSA) is 173 Å². The van der Waals surface area contributed by atoms with Gasteiger partial charge in [0.15, 0.2) is 5.01 Å². The van der Waals surface area contributed by atoms with Crippen molar-refractivity contribution in [2.75, 3.05) is 38.5 Å². The SMILES string of the molecule is CN1CCc2nc(C(=O)N3CCN(S(=O)(=O)c4cc5cc(Cl)ccc5[nH]4)CC3CC(=O)Nc3nn[nH]n3)sc2C1. The first-order chi connectivity index (χ1) is 19.2. The van der Waals surface area contributed by atoms with Crippen LogP contribution in [0.25, 0.3) is 10.9 Å². The van der Waals surface area contributed by atoms with Crippen LogP contribution in [0.5, 0.6) is 0 Å². The molecule has 0 spiro atoms. The Morgan fingerprint density at radius 1 is 1.23 bits per heavy atom. The van der Waals surface area contributed by atoms with Gasteiger partial charge < -0.3 is 14.8 Å². The maximum atomic E-state index is 13.7. The molecule has 0 aliphatic carbocycles. The summed E-state index contributed by atoms with van der Waals surface area (Å²) in [5.74, 6) is -0.822. The Kier molecular flexibility index (Phi) is 7.03. The minimum absolute atomic E-state index is 0.0104. The van der Waals surface area contributed by atoms with Gasteiger partial charge in [0.1, 0.15) is 5.03 Å². The molecule has 3 aromatic heterocycles. The quantitative estimate of drug-likeness (QED) is 0.293. The lowest BCUT2D eigenvalue weighted by Crippen LogP contribution is -2.57. The summed E-state index contributed by atoms with van der Waals surface area (Å²) >= 11 is 7.42. The molecule has 1 aromatic carbocycles. The van der Waals surface area contributed by atoms with Crippen molar-refractivity contribution in [2.24, 2.45) is 0 Å². The van der Waals surface area contributed by atoms with E-state index in [9.17, 15) is 18.0 Å². The first-order valence-electron chi connectivity index (χ1n) is 12.5. The predicted octanol–water partition coefficient (Wildman–Crippen LogP) is 1.32. The number of tetrazole rings is 1. The Labute approximate surface area is 237 Å². The Bertz CT molecular complexity index is 1690. The zero-order valence-corrected chi connectivity index (χ0v) is 23.7. The maximum absolute atomic E-state index is 13.7. The van der Waals surface area contributed by atoms with Crippen molar-refractivity contribution in [3.8, 4) is 0 Å². The molecule has 40 heavy (non-hydrogen) atoms. The van der Waals surface area contributed by atoms with Gasteiger partial charge in [0, 0.05) is 66.4 Å². The van der Waals surface area contributed by atoms with E-state index in [4.69, 9.17) is 11.6 Å². The number of halogens is 1. The van der Waals surface area contributed by atoms with Crippen LogP contribution in [-0.4, -0.2) is 104 Å². The summed E-state index contributed by atoms with van der Waals surface area (Å²) in [6.45, 7) is 1.64.